The van der Waals surface area contributed by atoms with E-state index in [-0.39, 0.29) is 0 Å². The molecule has 31 heavy (non-hydrogen) atoms. The molecule has 0 atom stereocenters. The van der Waals surface area contributed by atoms with Crippen LogP contribution in [0.25, 0.3) is 28.1 Å². The molecule has 1 aliphatic rings. The van der Waals surface area contributed by atoms with Crippen LogP contribution in [-0.2, 0) is 0 Å². The molecule has 0 fully saturated rings. The molecule has 0 bridgehead atoms. The largest absolute Gasteiger partial charge is 0.382 e. The van der Waals surface area contributed by atoms with Crippen LogP contribution >= 0.6 is 0 Å². The number of anilines is 3. The van der Waals surface area contributed by atoms with Crippen LogP contribution in [-0.4, -0.2) is 6.54 Å². The van der Waals surface area contributed by atoms with Crippen LogP contribution in [0.1, 0.15) is 32.3 Å². The number of nitrogens with one attached hydrogen (secondary N) is 2. The molecule has 0 radical (unpaired) electrons. The van der Waals surface area contributed by atoms with Crippen molar-refractivity contribution in [3.8, 4) is 11.1 Å². The summed E-state index contributed by atoms with van der Waals surface area (Å²) in [6.45, 7) is 7.42. The van der Waals surface area contributed by atoms with Gasteiger partial charge in [-0.3, -0.25) is 4.99 Å². The average molecular weight is 406 g/mol. The molecule has 0 amide bonds. The molecule has 4 aromatic rings. The summed E-state index contributed by atoms with van der Waals surface area (Å²) in [5.74, 6) is 0.550. The molecular weight excluding hydrogens is 378 g/mol. The maximum atomic E-state index is 4.55. The van der Waals surface area contributed by atoms with E-state index in [1.54, 1.807) is 0 Å². The van der Waals surface area contributed by atoms with Gasteiger partial charge in [0.05, 0.1) is 16.7 Å². The van der Waals surface area contributed by atoms with Crippen molar-refractivity contribution in [3.63, 3.8) is 0 Å². The molecule has 0 aromatic heterocycles. The highest BCUT2D eigenvalue weighted by molar-refractivity contribution is 6.02. The van der Waals surface area contributed by atoms with Gasteiger partial charge in [0.25, 0.3) is 0 Å². The summed E-state index contributed by atoms with van der Waals surface area (Å²) in [5, 5.41) is 11.9. The van der Waals surface area contributed by atoms with Gasteiger partial charge in [-0.2, -0.15) is 0 Å². The van der Waals surface area contributed by atoms with E-state index < -0.39 is 0 Å². The summed E-state index contributed by atoms with van der Waals surface area (Å²) in [4.78, 5) is 4.55. The SMILES string of the molecule is CCNc1c(Nc2ccc(-c3ccc(C(C)C)cc3)cc2)c2ccccc2c2c1=NC=2. The topological polar surface area (TPSA) is 36.4 Å². The third-order valence-corrected chi connectivity index (χ3v) is 5.97. The van der Waals surface area contributed by atoms with Gasteiger partial charge in [0.1, 0.15) is 0 Å². The maximum Gasteiger partial charge on any atom is 0.0976 e. The van der Waals surface area contributed by atoms with Crippen molar-refractivity contribution >= 4 is 34.0 Å². The molecule has 3 heteroatoms. The lowest BCUT2D eigenvalue weighted by Gasteiger charge is -2.19. The zero-order valence-corrected chi connectivity index (χ0v) is 18.2. The minimum Gasteiger partial charge on any atom is -0.382 e. The highest BCUT2D eigenvalue weighted by Crippen LogP contribution is 2.32. The quantitative estimate of drug-likeness (QED) is 0.376. The lowest BCUT2D eigenvalue weighted by atomic mass is 9.98. The molecule has 2 N–H and O–H groups in total. The minimum atomic E-state index is 0.550. The Bertz CT molecular complexity index is 1370. The Balaban J connectivity index is 1.51. The van der Waals surface area contributed by atoms with E-state index in [9.17, 15) is 0 Å². The van der Waals surface area contributed by atoms with Crippen LogP contribution in [0.3, 0.4) is 0 Å². The molecule has 0 aliphatic carbocycles. The van der Waals surface area contributed by atoms with E-state index in [1.165, 1.54) is 32.7 Å². The highest BCUT2D eigenvalue weighted by atomic mass is 15.0. The van der Waals surface area contributed by atoms with Crippen molar-refractivity contribution in [2.75, 3.05) is 17.2 Å². The molecule has 5 rings (SSSR count). The van der Waals surface area contributed by atoms with E-state index in [4.69, 9.17) is 0 Å². The Hall–Kier alpha value is -3.59. The van der Waals surface area contributed by atoms with Crippen molar-refractivity contribution in [2.24, 2.45) is 4.99 Å². The summed E-state index contributed by atoms with van der Waals surface area (Å²) in [5.41, 5.74) is 7.06. The predicted octanol–water partition coefficient (Wildman–Crippen LogP) is 6.18. The second-order valence-corrected chi connectivity index (χ2v) is 8.33. The lowest BCUT2D eigenvalue weighted by Crippen LogP contribution is -2.35. The van der Waals surface area contributed by atoms with Gasteiger partial charge in [0, 0.05) is 29.0 Å². The fourth-order valence-electron chi connectivity index (χ4n) is 4.21. The van der Waals surface area contributed by atoms with Gasteiger partial charge >= 0.3 is 0 Å². The zero-order chi connectivity index (χ0) is 21.4. The number of benzene rings is 4. The minimum absolute atomic E-state index is 0.550. The van der Waals surface area contributed by atoms with Crippen LogP contribution in [0.4, 0.5) is 17.1 Å². The van der Waals surface area contributed by atoms with Crippen LogP contribution in [0.2, 0.25) is 0 Å². The van der Waals surface area contributed by atoms with Gasteiger partial charge in [-0.15, -0.1) is 0 Å². The molecule has 1 aliphatic heterocycles. The Morgan fingerprint density at radius 2 is 1.42 bits per heavy atom. The summed E-state index contributed by atoms with van der Waals surface area (Å²) >= 11 is 0. The van der Waals surface area contributed by atoms with E-state index >= 15 is 0 Å². The van der Waals surface area contributed by atoms with Crippen molar-refractivity contribution in [3.05, 3.63) is 88.9 Å². The van der Waals surface area contributed by atoms with Crippen LogP contribution < -0.4 is 21.2 Å². The van der Waals surface area contributed by atoms with E-state index in [2.05, 4.69) is 109 Å². The second kappa shape index (κ2) is 7.92. The molecule has 3 nitrogen and oxygen atoms in total. The number of hydrogen-bond donors (Lipinski definition) is 2. The lowest BCUT2D eigenvalue weighted by molar-refractivity contribution is 0.867. The third kappa shape index (κ3) is 3.46. The Kier molecular flexibility index (Phi) is 4.95. The predicted molar refractivity (Wildman–Crippen MR) is 133 cm³/mol. The van der Waals surface area contributed by atoms with Crippen molar-refractivity contribution in [2.45, 2.75) is 26.7 Å². The Labute approximate surface area is 183 Å². The van der Waals surface area contributed by atoms with Gasteiger partial charge in [0.15, 0.2) is 0 Å². The third-order valence-electron chi connectivity index (χ3n) is 5.97. The number of rotatable bonds is 6. The first kappa shape index (κ1) is 19.4. The summed E-state index contributed by atoms with van der Waals surface area (Å²) in [7, 11) is 0. The van der Waals surface area contributed by atoms with Gasteiger partial charge in [-0.05, 0) is 47.1 Å². The van der Waals surface area contributed by atoms with E-state index in [0.29, 0.717) is 5.92 Å². The van der Waals surface area contributed by atoms with Crippen molar-refractivity contribution < 1.29 is 0 Å². The zero-order valence-electron chi connectivity index (χ0n) is 18.2. The van der Waals surface area contributed by atoms with Crippen molar-refractivity contribution in [1.82, 2.24) is 0 Å². The molecular formula is C28H27N3. The standard InChI is InChI=1S/C28H27N3/c1-4-29-28-26-25(17-30-26)23-7-5-6-8-24(23)27(28)31-22-15-13-21(14-16-22)20-11-9-19(10-12-20)18(2)3/h5-18,29,31H,4H2,1-3H3. The fraction of sp³-hybridized carbons (Fsp3) is 0.179. The highest BCUT2D eigenvalue weighted by Gasteiger charge is 2.15. The van der Waals surface area contributed by atoms with Gasteiger partial charge < -0.3 is 10.6 Å². The monoisotopic (exact) mass is 405 g/mol. The van der Waals surface area contributed by atoms with Crippen LogP contribution in [0.15, 0.2) is 77.8 Å². The first-order valence-electron chi connectivity index (χ1n) is 11.0. The smallest absolute Gasteiger partial charge is 0.0976 e. The van der Waals surface area contributed by atoms with Crippen molar-refractivity contribution in [1.29, 1.82) is 0 Å². The Morgan fingerprint density at radius 1 is 0.774 bits per heavy atom. The first-order chi connectivity index (χ1) is 15.2. The molecule has 154 valence electrons. The van der Waals surface area contributed by atoms with Gasteiger partial charge in [-0.25, -0.2) is 0 Å². The first-order valence-corrected chi connectivity index (χ1v) is 11.0. The molecule has 0 saturated heterocycles. The molecule has 0 saturated carbocycles. The summed E-state index contributed by atoms with van der Waals surface area (Å²) < 4.78 is 0. The Morgan fingerprint density at radius 3 is 2.00 bits per heavy atom. The number of fused-ring (bicyclic) bond motifs is 3. The normalized spacial score (nSPS) is 12.0. The molecule has 0 unspecified atom stereocenters. The maximum absolute atomic E-state index is 4.55. The number of nitrogens with zero attached hydrogens (tertiary/aromatic N) is 1. The molecule has 4 aromatic carbocycles. The van der Waals surface area contributed by atoms with E-state index in [1.807, 2.05) is 6.20 Å². The summed E-state index contributed by atoms with van der Waals surface area (Å²) in [6, 6.07) is 26.1. The van der Waals surface area contributed by atoms with E-state index in [0.717, 1.165) is 29.0 Å². The molecule has 0 spiro atoms. The average Bonchev–Trinajstić information content (AvgIpc) is 2.77. The second-order valence-electron chi connectivity index (χ2n) is 8.33. The van der Waals surface area contributed by atoms with Gasteiger partial charge in [-0.1, -0.05) is 74.5 Å². The summed E-state index contributed by atoms with van der Waals surface area (Å²) in [6.07, 6.45) is 1.96. The van der Waals surface area contributed by atoms with Crippen LogP contribution in [0, 0.1) is 0 Å². The fourth-order valence-corrected chi connectivity index (χ4v) is 4.21. The number of hydrogen-bond acceptors (Lipinski definition) is 3. The molecule has 1 heterocycles. The van der Waals surface area contributed by atoms with Gasteiger partial charge in [0.2, 0.25) is 0 Å². The van der Waals surface area contributed by atoms with Crippen LogP contribution in [0.5, 0.6) is 0 Å².